The number of anilines is 2. The Morgan fingerprint density at radius 2 is 1.83 bits per heavy atom. The van der Waals surface area contributed by atoms with E-state index in [1.165, 1.54) is 16.0 Å². The van der Waals surface area contributed by atoms with Gasteiger partial charge in [0.25, 0.3) is 0 Å². The van der Waals surface area contributed by atoms with Gasteiger partial charge in [0.1, 0.15) is 0 Å². The Labute approximate surface area is 110 Å². The summed E-state index contributed by atoms with van der Waals surface area (Å²) in [7, 11) is 0. The summed E-state index contributed by atoms with van der Waals surface area (Å²) >= 11 is 1.77. The van der Waals surface area contributed by atoms with Crippen molar-refractivity contribution in [3.63, 3.8) is 0 Å². The van der Waals surface area contributed by atoms with E-state index >= 15 is 0 Å². The van der Waals surface area contributed by atoms with Crippen LogP contribution < -0.4 is 4.90 Å². The number of para-hydroxylation sites is 2. The predicted molar refractivity (Wildman–Crippen MR) is 76.8 cm³/mol. The average molecular weight is 252 g/mol. The van der Waals surface area contributed by atoms with E-state index in [0.717, 1.165) is 23.6 Å². The zero-order valence-corrected chi connectivity index (χ0v) is 10.7. The van der Waals surface area contributed by atoms with Gasteiger partial charge in [-0.2, -0.15) is 0 Å². The predicted octanol–water partition coefficient (Wildman–Crippen LogP) is 3.99. The molecule has 4 rings (SSSR count). The molecule has 2 aromatic carbocycles. The van der Waals surface area contributed by atoms with Gasteiger partial charge in [-0.05, 0) is 30.2 Å². The number of benzene rings is 2. The highest BCUT2D eigenvalue weighted by molar-refractivity contribution is 7.22. The lowest BCUT2D eigenvalue weighted by atomic mass is 10.2. The van der Waals surface area contributed by atoms with E-state index in [0.29, 0.717) is 0 Å². The summed E-state index contributed by atoms with van der Waals surface area (Å²) in [6.45, 7) is 1.04. The fourth-order valence-electron chi connectivity index (χ4n) is 2.51. The van der Waals surface area contributed by atoms with Gasteiger partial charge in [-0.25, -0.2) is 4.98 Å². The number of nitrogens with zero attached hydrogens (tertiary/aromatic N) is 2. The zero-order chi connectivity index (χ0) is 11.9. The quantitative estimate of drug-likeness (QED) is 0.651. The van der Waals surface area contributed by atoms with Crippen LogP contribution in [-0.4, -0.2) is 11.5 Å². The van der Waals surface area contributed by atoms with Gasteiger partial charge >= 0.3 is 0 Å². The van der Waals surface area contributed by atoms with Crippen LogP contribution in [0.1, 0.15) is 5.56 Å². The molecule has 0 amide bonds. The molecular weight excluding hydrogens is 240 g/mol. The molecular formula is C15H12N2S. The second-order valence-electron chi connectivity index (χ2n) is 4.49. The molecule has 3 aromatic rings. The monoisotopic (exact) mass is 252 g/mol. The third-order valence-corrected chi connectivity index (χ3v) is 4.46. The smallest absolute Gasteiger partial charge is 0.190 e. The molecule has 1 aromatic heterocycles. The summed E-state index contributed by atoms with van der Waals surface area (Å²) < 4.78 is 1.26. The number of rotatable bonds is 1. The van der Waals surface area contributed by atoms with Crippen LogP contribution in [0.5, 0.6) is 0 Å². The minimum Gasteiger partial charge on any atom is -0.317 e. The number of hydrogen-bond acceptors (Lipinski definition) is 3. The van der Waals surface area contributed by atoms with Gasteiger partial charge in [0.2, 0.25) is 0 Å². The van der Waals surface area contributed by atoms with Crippen LogP contribution in [0.2, 0.25) is 0 Å². The van der Waals surface area contributed by atoms with Crippen molar-refractivity contribution in [2.45, 2.75) is 6.42 Å². The summed E-state index contributed by atoms with van der Waals surface area (Å²) in [5.74, 6) is 0. The first-order valence-electron chi connectivity index (χ1n) is 6.13. The lowest BCUT2D eigenvalue weighted by Crippen LogP contribution is -2.12. The van der Waals surface area contributed by atoms with Crippen LogP contribution in [0, 0.1) is 0 Å². The molecule has 0 fully saturated rings. The van der Waals surface area contributed by atoms with Crippen LogP contribution in [0.15, 0.2) is 48.5 Å². The lowest BCUT2D eigenvalue weighted by Gasteiger charge is -2.15. The Hall–Kier alpha value is -1.87. The molecule has 2 heterocycles. The molecule has 0 saturated heterocycles. The van der Waals surface area contributed by atoms with E-state index in [1.54, 1.807) is 11.3 Å². The van der Waals surface area contributed by atoms with Crippen LogP contribution in [0.3, 0.4) is 0 Å². The SMILES string of the molecule is c1ccc2c(c1)CCN2c1nc2ccccc2s1. The molecule has 0 radical (unpaired) electrons. The molecule has 0 aliphatic carbocycles. The summed E-state index contributed by atoms with van der Waals surface area (Å²) in [4.78, 5) is 7.07. The fraction of sp³-hybridized carbons (Fsp3) is 0.133. The van der Waals surface area contributed by atoms with Gasteiger partial charge in [0.05, 0.1) is 10.2 Å². The summed E-state index contributed by atoms with van der Waals surface area (Å²) in [5.41, 5.74) is 3.84. The highest BCUT2D eigenvalue weighted by Crippen LogP contribution is 2.38. The summed E-state index contributed by atoms with van der Waals surface area (Å²) in [5, 5.41) is 1.11. The number of thiazole rings is 1. The van der Waals surface area contributed by atoms with E-state index in [4.69, 9.17) is 4.98 Å². The lowest BCUT2D eigenvalue weighted by molar-refractivity contribution is 0.993. The highest BCUT2D eigenvalue weighted by Gasteiger charge is 2.22. The molecule has 3 heteroatoms. The first-order chi connectivity index (χ1) is 8.92. The standard InChI is InChI=1S/C15H12N2S/c1-3-7-13-11(5-1)9-10-17(13)15-16-12-6-2-4-8-14(12)18-15/h1-8H,9-10H2. The van der Waals surface area contributed by atoms with Gasteiger partial charge in [-0.15, -0.1) is 0 Å². The van der Waals surface area contributed by atoms with Crippen molar-refractivity contribution < 1.29 is 0 Å². The Kier molecular flexibility index (Phi) is 2.14. The van der Waals surface area contributed by atoms with Gasteiger partial charge in [0.15, 0.2) is 5.13 Å². The zero-order valence-electron chi connectivity index (χ0n) is 9.84. The van der Waals surface area contributed by atoms with Crippen LogP contribution in [-0.2, 0) is 6.42 Å². The first-order valence-corrected chi connectivity index (χ1v) is 6.94. The van der Waals surface area contributed by atoms with Gasteiger partial charge < -0.3 is 4.90 Å². The van der Waals surface area contributed by atoms with Crippen LogP contribution in [0.4, 0.5) is 10.8 Å². The molecule has 18 heavy (non-hydrogen) atoms. The van der Waals surface area contributed by atoms with Crippen molar-refractivity contribution in [1.29, 1.82) is 0 Å². The molecule has 0 saturated carbocycles. The normalized spacial score (nSPS) is 14.1. The second-order valence-corrected chi connectivity index (χ2v) is 5.50. The fourth-order valence-corrected chi connectivity index (χ4v) is 3.52. The topological polar surface area (TPSA) is 16.1 Å². The molecule has 88 valence electrons. The van der Waals surface area contributed by atoms with Crippen molar-refractivity contribution in [2.24, 2.45) is 0 Å². The molecule has 0 spiro atoms. The van der Waals surface area contributed by atoms with Crippen LogP contribution >= 0.6 is 11.3 Å². The Bertz CT molecular complexity index is 684. The van der Waals surface area contributed by atoms with E-state index in [1.807, 2.05) is 6.07 Å². The number of hydrogen-bond donors (Lipinski definition) is 0. The Balaban J connectivity index is 1.85. The van der Waals surface area contributed by atoms with E-state index in [-0.39, 0.29) is 0 Å². The second kappa shape index (κ2) is 3.82. The molecule has 1 aliphatic rings. The van der Waals surface area contributed by atoms with Crippen molar-refractivity contribution in [3.8, 4) is 0 Å². The molecule has 1 aliphatic heterocycles. The number of fused-ring (bicyclic) bond motifs is 2. The van der Waals surface area contributed by atoms with Crippen molar-refractivity contribution >= 4 is 32.4 Å². The molecule has 0 atom stereocenters. The summed E-state index contributed by atoms with van der Waals surface area (Å²) in [6, 6.07) is 16.9. The number of aromatic nitrogens is 1. The van der Waals surface area contributed by atoms with Crippen molar-refractivity contribution in [2.75, 3.05) is 11.4 Å². The Morgan fingerprint density at radius 3 is 2.78 bits per heavy atom. The summed E-state index contributed by atoms with van der Waals surface area (Å²) in [6.07, 6.45) is 1.12. The van der Waals surface area contributed by atoms with Gasteiger partial charge in [0, 0.05) is 12.2 Å². The van der Waals surface area contributed by atoms with Crippen molar-refractivity contribution in [1.82, 2.24) is 4.98 Å². The largest absolute Gasteiger partial charge is 0.317 e. The van der Waals surface area contributed by atoms with Crippen LogP contribution in [0.25, 0.3) is 10.2 Å². The minimum atomic E-state index is 1.04. The molecule has 2 nitrogen and oxygen atoms in total. The average Bonchev–Trinajstić information content (AvgIpc) is 3.02. The highest BCUT2D eigenvalue weighted by atomic mass is 32.1. The Morgan fingerprint density at radius 1 is 1.00 bits per heavy atom. The van der Waals surface area contributed by atoms with Gasteiger partial charge in [-0.1, -0.05) is 41.7 Å². The maximum Gasteiger partial charge on any atom is 0.190 e. The van der Waals surface area contributed by atoms with Gasteiger partial charge in [-0.3, -0.25) is 0 Å². The van der Waals surface area contributed by atoms with E-state index < -0.39 is 0 Å². The molecule has 0 bridgehead atoms. The van der Waals surface area contributed by atoms with E-state index in [9.17, 15) is 0 Å². The van der Waals surface area contributed by atoms with Crippen molar-refractivity contribution in [3.05, 3.63) is 54.1 Å². The molecule has 0 N–H and O–H groups in total. The first kappa shape index (κ1) is 10.1. The molecule has 0 unspecified atom stereocenters. The van der Waals surface area contributed by atoms with E-state index in [2.05, 4.69) is 47.4 Å². The third-order valence-electron chi connectivity index (χ3n) is 3.40. The maximum absolute atomic E-state index is 4.74. The maximum atomic E-state index is 4.74. The minimum absolute atomic E-state index is 1.04. The third kappa shape index (κ3) is 1.44.